The predicted octanol–water partition coefficient (Wildman–Crippen LogP) is 2.11. The van der Waals surface area contributed by atoms with Crippen molar-refractivity contribution in [3.8, 4) is 5.75 Å². The first kappa shape index (κ1) is 13.5. The van der Waals surface area contributed by atoms with E-state index in [0.717, 1.165) is 11.3 Å². The lowest BCUT2D eigenvalue weighted by molar-refractivity contribution is 0.414. The van der Waals surface area contributed by atoms with Crippen molar-refractivity contribution in [1.29, 1.82) is 0 Å². The second kappa shape index (κ2) is 5.84. The quantitative estimate of drug-likeness (QED) is 0.840. The highest BCUT2D eigenvalue weighted by Crippen LogP contribution is 2.14. The minimum Gasteiger partial charge on any atom is -0.497 e. The summed E-state index contributed by atoms with van der Waals surface area (Å²) in [6.45, 7) is 0. The summed E-state index contributed by atoms with van der Waals surface area (Å²) in [6, 6.07) is 12.3. The molecule has 0 atom stereocenters. The molecule has 4 nitrogen and oxygen atoms in total. The molecular formula is C14H15NO3S. The van der Waals surface area contributed by atoms with Gasteiger partial charge in [-0.2, -0.15) is 0 Å². The topological polar surface area (TPSA) is 56.3 Å². The molecule has 0 spiro atoms. The zero-order valence-corrected chi connectivity index (χ0v) is 11.4. The van der Waals surface area contributed by atoms with E-state index in [0.29, 0.717) is 6.42 Å². The molecule has 5 heteroatoms. The van der Waals surface area contributed by atoms with Gasteiger partial charge in [-0.1, -0.05) is 18.2 Å². The van der Waals surface area contributed by atoms with Gasteiger partial charge in [-0.15, -0.1) is 0 Å². The molecule has 0 N–H and O–H groups in total. The lowest BCUT2D eigenvalue weighted by Crippen LogP contribution is -2.10. The van der Waals surface area contributed by atoms with E-state index in [1.54, 1.807) is 19.2 Å². The molecule has 1 heterocycles. The maximum absolute atomic E-state index is 12.0. The normalized spacial score (nSPS) is 11.2. The minimum atomic E-state index is -3.32. The van der Waals surface area contributed by atoms with Crippen LogP contribution in [0.5, 0.6) is 5.75 Å². The van der Waals surface area contributed by atoms with E-state index in [2.05, 4.69) is 4.98 Å². The molecule has 0 saturated heterocycles. The van der Waals surface area contributed by atoms with Gasteiger partial charge < -0.3 is 4.74 Å². The van der Waals surface area contributed by atoms with E-state index in [9.17, 15) is 8.42 Å². The largest absolute Gasteiger partial charge is 0.497 e. The lowest BCUT2D eigenvalue weighted by atomic mass is 10.2. The van der Waals surface area contributed by atoms with E-state index in [1.165, 1.54) is 12.3 Å². The molecule has 0 aliphatic heterocycles. The summed E-state index contributed by atoms with van der Waals surface area (Å²) >= 11 is 0. The highest BCUT2D eigenvalue weighted by molar-refractivity contribution is 7.91. The summed E-state index contributed by atoms with van der Waals surface area (Å²) in [5, 5.41) is 0.128. The SMILES string of the molecule is COc1ccc(CCS(=O)(=O)c2ccccn2)cc1. The Morgan fingerprint density at radius 1 is 1.11 bits per heavy atom. The van der Waals surface area contributed by atoms with Crippen LogP contribution in [0.2, 0.25) is 0 Å². The third-order valence-corrected chi connectivity index (χ3v) is 4.40. The second-order valence-corrected chi connectivity index (χ2v) is 6.14. The molecule has 0 bridgehead atoms. The molecular weight excluding hydrogens is 262 g/mol. The molecule has 0 saturated carbocycles. The smallest absolute Gasteiger partial charge is 0.195 e. The fourth-order valence-electron chi connectivity index (χ4n) is 1.68. The Hall–Kier alpha value is -1.88. The molecule has 0 amide bonds. The van der Waals surface area contributed by atoms with Crippen molar-refractivity contribution in [2.45, 2.75) is 11.4 Å². The number of aryl methyl sites for hydroxylation is 1. The summed E-state index contributed by atoms with van der Waals surface area (Å²) < 4.78 is 29.1. The first-order chi connectivity index (χ1) is 9.12. The highest BCUT2D eigenvalue weighted by Gasteiger charge is 2.15. The molecule has 19 heavy (non-hydrogen) atoms. The van der Waals surface area contributed by atoms with Gasteiger partial charge in [0, 0.05) is 6.20 Å². The van der Waals surface area contributed by atoms with Crippen molar-refractivity contribution in [1.82, 2.24) is 4.98 Å². The van der Waals surface area contributed by atoms with Crippen molar-refractivity contribution in [2.24, 2.45) is 0 Å². The summed E-state index contributed by atoms with van der Waals surface area (Å²) in [6.07, 6.45) is 1.95. The van der Waals surface area contributed by atoms with Crippen LogP contribution in [0.1, 0.15) is 5.56 Å². The first-order valence-electron chi connectivity index (χ1n) is 5.88. The van der Waals surface area contributed by atoms with Crippen molar-refractivity contribution in [3.05, 3.63) is 54.2 Å². The fourth-order valence-corrected chi connectivity index (χ4v) is 2.90. The fraction of sp³-hybridized carbons (Fsp3) is 0.214. The maximum atomic E-state index is 12.0. The molecule has 0 aliphatic carbocycles. The van der Waals surface area contributed by atoms with E-state index in [-0.39, 0.29) is 10.8 Å². The van der Waals surface area contributed by atoms with Crippen molar-refractivity contribution < 1.29 is 13.2 Å². The summed E-state index contributed by atoms with van der Waals surface area (Å²) in [5.74, 6) is 0.812. The zero-order valence-electron chi connectivity index (χ0n) is 10.6. The highest BCUT2D eigenvalue weighted by atomic mass is 32.2. The molecule has 100 valence electrons. The number of methoxy groups -OCH3 is 1. The minimum absolute atomic E-state index is 0.0519. The van der Waals surface area contributed by atoms with Crippen LogP contribution in [0.25, 0.3) is 0 Å². The third kappa shape index (κ3) is 3.54. The van der Waals surface area contributed by atoms with Crippen molar-refractivity contribution >= 4 is 9.84 Å². The standard InChI is InChI=1S/C14H15NO3S/c1-18-13-7-5-12(6-8-13)9-11-19(16,17)14-4-2-3-10-15-14/h2-8,10H,9,11H2,1H3. The Morgan fingerprint density at radius 2 is 1.84 bits per heavy atom. The van der Waals surface area contributed by atoms with Crippen LogP contribution in [0.3, 0.4) is 0 Å². The van der Waals surface area contributed by atoms with E-state index in [1.807, 2.05) is 24.3 Å². The monoisotopic (exact) mass is 277 g/mol. The second-order valence-electron chi connectivity index (χ2n) is 4.08. The number of ether oxygens (including phenoxy) is 1. The van der Waals surface area contributed by atoms with Gasteiger partial charge in [0.15, 0.2) is 14.9 Å². The van der Waals surface area contributed by atoms with Crippen LogP contribution in [0.4, 0.5) is 0 Å². The van der Waals surface area contributed by atoms with Gasteiger partial charge in [-0.25, -0.2) is 13.4 Å². The van der Waals surface area contributed by atoms with E-state index >= 15 is 0 Å². The number of pyridine rings is 1. The first-order valence-corrected chi connectivity index (χ1v) is 7.54. The van der Waals surface area contributed by atoms with Gasteiger partial charge in [0.05, 0.1) is 12.9 Å². The van der Waals surface area contributed by atoms with Gasteiger partial charge in [0.2, 0.25) is 0 Å². The van der Waals surface area contributed by atoms with E-state index in [4.69, 9.17) is 4.74 Å². The van der Waals surface area contributed by atoms with Crippen LogP contribution < -0.4 is 4.74 Å². The zero-order chi connectivity index (χ0) is 13.7. The molecule has 0 aliphatic rings. The number of benzene rings is 1. The van der Waals surface area contributed by atoms with Gasteiger partial charge in [-0.05, 0) is 36.2 Å². The maximum Gasteiger partial charge on any atom is 0.195 e. The summed E-state index contributed by atoms with van der Waals surface area (Å²) in [5.41, 5.74) is 0.959. The number of sulfone groups is 1. The molecule has 0 fully saturated rings. The molecule has 1 aromatic carbocycles. The molecule has 0 radical (unpaired) electrons. The summed E-state index contributed by atoms with van der Waals surface area (Å²) in [7, 11) is -1.72. The molecule has 0 unspecified atom stereocenters. The number of nitrogens with zero attached hydrogens (tertiary/aromatic N) is 1. The third-order valence-electron chi connectivity index (χ3n) is 2.77. The molecule has 2 rings (SSSR count). The lowest BCUT2D eigenvalue weighted by Gasteiger charge is -2.05. The van der Waals surface area contributed by atoms with Crippen LogP contribution in [0, 0.1) is 0 Å². The number of rotatable bonds is 5. The molecule has 2 aromatic rings. The number of aromatic nitrogens is 1. The van der Waals surface area contributed by atoms with Gasteiger partial charge in [-0.3, -0.25) is 0 Å². The Kier molecular flexibility index (Phi) is 4.16. The molecule has 1 aromatic heterocycles. The van der Waals surface area contributed by atoms with Crippen LogP contribution in [-0.2, 0) is 16.3 Å². The van der Waals surface area contributed by atoms with Gasteiger partial charge in [0.1, 0.15) is 5.75 Å². The van der Waals surface area contributed by atoms with Crippen molar-refractivity contribution in [3.63, 3.8) is 0 Å². The Bertz CT molecular complexity index is 622. The van der Waals surface area contributed by atoms with Crippen LogP contribution in [-0.4, -0.2) is 26.3 Å². The Morgan fingerprint density at radius 3 is 2.42 bits per heavy atom. The Balaban J connectivity index is 2.05. The summed E-state index contributed by atoms with van der Waals surface area (Å²) in [4.78, 5) is 3.88. The van der Waals surface area contributed by atoms with Gasteiger partial charge >= 0.3 is 0 Å². The Labute approximate surface area is 113 Å². The van der Waals surface area contributed by atoms with Crippen molar-refractivity contribution in [2.75, 3.05) is 12.9 Å². The van der Waals surface area contributed by atoms with E-state index < -0.39 is 9.84 Å². The van der Waals surface area contributed by atoms with Crippen LogP contribution >= 0.6 is 0 Å². The number of hydrogen-bond donors (Lipinski definition) is 0. The van der Waals surface area contributed by atoms with Crippen LogP contribution in [0.15, 0.2) is 53.7 Å². The average Bonchev–Trinajstić information content (AvgIpc) is 2.47. The predicted molar refractivity (Wildman–Crippen MR) is 73.0 cm³/mol. The van der Waals surface area contributed by atoms with Gasteiger partial charge in [0.25, 0.3) is 0 Å². The number of hydrogen-bond acceptors (Lipinski definition) is 4. The average molecular weight is 277 g/mol.